The molecule has 8 nitrogen and oxygen atoms in total. The number of pyridine rings is 2. The van der Waals surface area contributed by atoms with Crippen molar-refractivity contribution in [3.63, 3.8) is 0 Å². The predicted octanol–water partition coefficient (Wildman–Crippen LogP) is 2.53. The summed E-state index contributed by atoms with van der Waals surface area (Å²) in [6.45, 7) is 0.397. The van der Waals surface area contributed by atoms with Crippen molar-refractivity contribution in [2.24, 2.45) is 5.73 Å². The number of aryl methyl sites for hydroxylation is 1. The molecule has 0 aliphatic carbocycles. The number of hydrogen-bond donors (Lipinski definition) is 2. The number of nitrogens with one attached hydrogen (secondary N) is 1. The highest BCUT2D eigenvalue weighted by Crippen LogP contribution is 2.33. The highest BCUT2D eigenvalue weighted by Gasteiger charge is 2.42. The lowest BCUT2D eigenvalue weighted by molar-refractivity contribution is -0.386. The number of hydrogen-bond acceptors (Lipinski definition) is 6. The number of primary amides is 1. The molecule has 2 aromatic heterocycles. The Bertz CT molecular complexity index is 998. The molecule has 0 spiro atoms. The topological polar surface area (TPSA) is 124 Å². The third kappa shape index (κ3) is 4.84. The molecule has 0 saturated heterocycles. The van der Waals surface area contributed by atoms with Gasteiger partial charge >= 0.3 is 0 Å². The van der Waals surface area contributed by atoms with Crippen LogP contribution in [-0.4, -0.2) is 27.3 Å². The Morgan fingerprint density at radius 3 is 2.20 bits per heavy atom. The summed E-state index contributed by atoms with van der Waals surface area (Å²) in [7, 11) is 0. The van der Waals surface area contributed by atoms with E-state index in [2.05, 4.69) is 15.3 Å². The van der Waals surface area contributed by atoms with Gasteiger partial charge in [-0.15, -0.1) is 0 Å². The highest BCUT2D eigenvalue weighted by atomic mass is 16.6. The Morgan fingerprint density at radius 2 is 1.63 bits per heavy atom. The standard InChI is InChI=1S/C22H23N5O3/c23-21(28)22(11-9-17-5-3-12-24-15-17,19-7-1-2-8-20(19)27(29)30)26-14-10-18-6-4-13-25-16-18/h1-8,12-13,15-16,26H,9-11,14H2,(H2,23,28). The first kappa shape index (κ1) is 21.1. The van der Waals surface area contributed by atoms with Gasteiger partial charge in [-0.25, -0.2) is 0 Å². The Balaban J connectivity index is 1.94. The maximum atomic E-state index is 12.8. The summed E-state index contributed by atoms with van der Waals surface area (Å²) in [6.07, 6.45) is 8.13. The summed E-state index contributed by atoms with van der Waals surface area (Å²) in [5, 5.41) is 14.9. The fraction of sp³-hybridized carbons (Fsp3) is 0.227. The van der Waals surface area contributed by atoms with Crippen LogP contribution in [0.15, 0.2) is 73.3 Å². The molecule has 1 unspecified atom stereocenters. The monoisotopic (exact) mass is 405 g/mol. The van der Waals surface area contributed by atoms with Crippen LogP contribution in [0.1, 0.15) is 23.1 Å². The van der Waals surface area contributed by atoms with E-state index in [1.54, 1.807) is 43.0 Å². The van der Waals surface area contributed by atoms with E-state index in [1.807, 2.05) is 24.3 Å². The maximum absolute atomic E-state index is 12.8. The van der Waals surface area contributed by atoms with E-state index in [1.165, 1.54) is 6.07 Å². The summed E-state index contributed by atoms with van der Waals surface area (Å²) >= 11 is 0. The lowest BCUT2D eigenvalue weighted by Gasteiger charge is -2.32. The number of carbonyl (C=O) groups excluding carboxylic acids is 1. The number of carbonyl (C=O) groups is 1. The fourth-order valence-electron chi connectivity index (χ4n) is 3.50. The minimum atomic E-state index is -1.40. The smallest absolute Gasteiger partial charge is 0.274 e. The van der Waals surface area contributed by atoms with E-state index in [-0.39, 0.29) is 17.7 Å². The summed E-state index contributed by atoms with van der Waals surface area (Å²) in [4.78, 5) is 32.1. The summed E-state index contributed by atoms with van der Waals surface area (Å²) < 4.78 is 0. The van der Waals surface area contributed by atoms with Crippen molar-refractivity contribution in [1.82, 2.24) is 15.3 Å². The van der Waals surface area contributed by atoms with E-state index < -0.39 is 16.4 Å². The van der Waals surface area contributed by atoms with Crippen molar-refractivity contribution in [1.29, 1.82) is 0 Å². The lowest BCUT2D eigenvalue weighted by Crippen LogP contribution is -2.54. The summed E-state index contributed by atoms with van der Waals surface area (Å²) in [5.41, 5.74) is 6.48. The highest BCUT2D eigenvalue weighted by molar-refractivity contribution is 5.87. The number of nitro benzene ring substituents is 1. The van der Waals surface area contributed by atoms with Crippen LogP contribution in [0.25, 0.3) is 0 Å². The molecular formula is C22H23N5O3. The van der Waals surface area contributed by atoms with Gasteiger partial charge in [-0.05, 0) is 48.6 Å². The van der Waals surface area contributed by atoms with Gasteiger partial charge in [0.2, 0.25) is 5.91 Å². The molecule has 0 radical (unpaired) electrons. The van der Waals surface area contributed by atoms with Crippen molar-refractivity contribution in [3.05, 3.63) is 100 Å². The first-order chi connectivity index (χ1) is 14.5. The minimum absolute atomic E-state index is 0.142. The van der Waals surface area contributed by atoms with Crippen LogP contribution in [-0.2, 0) is 23.2 Å². The van der Waals surface area contributed by atoms with Gasteiger partial charge in [0.05, 0.1) is 10.5 Å². The van der Waals surface area contributed by atoms with Crippen LogP contribution in [0, 0.1) is 10.1 Å². The second kappa shape index (κ2) is 9.71. The Morgan fingerprint density at radius 1 is 1.00 bits per heavy atom. The average Bonchev–Trinajstić information content (AvgIpc) is 2.77. The van der Waals surface area contributed by atoms with Gasteiger partial charge in [-0.1, -0.05) is 24.3 Å². The maximum Gasteiger partial charge on any atom is 0.274 e. The van der Waals surface area contributed by atoms with E-state index in [0.717, 1.165) is 11.1 Å². The zero-order chi connectivity index (χ0) is 21.4. The van der Waals surface area contributed by atoms with E-state index in [0.29, 0.717) is 19.4 Å². The molecule has 1 aromatic carbocycles. The Hall–Kier alpha value is -3.65. The second-order valence-electron chi connectivity index (χ2n) is 6.94. The predicted molar refractivity (Wildman–Crippen MR) is 112 cm³/mol. The van der Waals surface area contributed by atoms with Crippen molar-refractivity contribution in [2.75, 3.05) is 6.54 Å². The lowest BCUT2D eigenvalue weighted by atomic mass is 9.82. The molecule has 30 heavy (non-hydrogen) atoms. The van der Waals surface area contributed by atoms with Crippen LogP contribution in [0.4, 0.5) is 5.69 Å². The van der Waals surface area contributed by atoms with Gasteiger partial charge in [0, 0.05) is 37.4 Å². The molecule has 3 aromatic rings. The molecule has 1 amide bonds. The average molecular weight is 405 g/mol. The van der Waals surface area contributed by atoms with Gasteiger partial charge in [0.1, 0.15) is 5.54 Å². The molecule has 0 aliphatic heterocycles. The molecule has 1 atom stereocenters. The van der Waals surface area contributed by atoms with Gasteiger partial charge in [-0.3, -0.25) is 30.2 Å². The van der Waals surface area contributed by atoms with Gasteiger partial charge in [-0.2, -0.15) is 0 Å². The molecule has 8 heteroatoms. The fourth-order valence-corrected chi connectivity index (χ4v) is 3.50. The molecule has 3 N–H and O–H groups in total. The number of rotatable bonds is 10. The molecule has 154 valence electrons. The quantitative estimate of drug-likeness (QED) is 0.394. The molecule has 0 bridgehead atoms. The summed E-state index contributed by atoms with van der Waals surface area (Å²) in [5.74, 6) is -0.660. The van der Waals surface area contributed by atoms with E-state index >= 15 is 0 Å². The third-order valence-electron chi connectivity index (χ3n) is 5.06. The molecular weight excluding hydrogens is 382 g/mol. The molecule has 0 aliphatic rings. The number of nitro groups is 1. The van der Waals surface area contributed by atoms with Gasteiger partial charge in [0.25, 0.3) is 5.69 Å². The zero-order valence-electron chi connectivity index (χ0n) is 16.4. The van der Waals surface area contributed by atoms with Gasteiger partial charge in [0.15, 0.2) is 0 Å². The number of para-hydroxylation sites is 1. The molecule has 2 heterocycles. The van der Waals surface area contributed by atoms with Gasteiger partial charge < -0.3 is 5.73 Å². The van der Waals surface area contributed by atoms with Crippen LogP contribution in [0.3, 0.4) is 0 Å². The zero-order valence-corrected chi connectivity index (χ0v) is 16.4. The molecule has 0 fully saturated rings. The van der Waals surface area contributed by atoms with Crippen LogP contribution in [0.5, 0.6) is 0 Å². The van der Waals surface area contributed by atoms with Crippen LogP contribution >= 0.6 is 0 Å². The number of nitrogens with two attached hydrogens (primary N) is 1. The number of amides is 1. The Kier molecular flexibility index (Phi) is 6.82. The van der Waals surface area contributed by atoms with Crippen LogP contribution < -0.4 is 11.1 Å². The van der Waals surface area contributed by atoms with Crippen molar-refractivity contribution in [2.45, 2.75) is 24.8 Å². The first-order valence-corrected chi connectivity index (χ1v) is 9.59. The third-order valence-corrected chi connectivity index (χ3v) is 5.06. The largest absolute Gasteiger partial charge is 0.368 e. The second-order valence-corrected chi connectivity index (χ2v) is 6.94. The number of nitrogens with zero attached hydrogens (tertiary/aromatic N) is 3. The van der Waals surface area contributed by atoms with Crippen molar-refractivity contribution < 1.29 is 9.72 Å². The minimum Gasteiger partial charge on any atom is -0.368 e. The number of aromatic nitrogens is 2. The normalized spacial score (nSPS) is 12.8. The Labute approximate surface area is 174 Å². The first-order valence-electron chi connectivity index (χ1n) is 9.59. The molecule has 3 rings (SSSR count). The van der Waals surface area contributed by atoms with Crippen molar-refractivity contribution in [3.8, 4) is 0 Å². The summed E-state index contributed by atoms with van der Waals surface area (Å²) in [6, 6.07) is 13.7. The number of benzene rings is 1. The van der Waals surface area contributed by atoms with E-state index in [4.69, 9.17) is 5.73 Å². The van der Waals surface area contributed by atoms with Crippen molar-refractivity contribution >= 4 is 11.6 Å². The van der Waals surface area contributed by atoms with E-state index in [9.17, 15) is 14.9 Å². The SMILES string of the molecule is NC(=O)C(CCc1cccnc1)(NCCc1cccnc1)c1ccccc1[N+](=O)[O-]. The van der Waals surface area contributed by atoms with Crippen LogP contribution in [0.2, 0.25) is 0 Å². The molecule has 0 saturated carbocycles.